The van der Waals surface area contributed by atoms with Gasteiger partial charge >= 0.3 is 11.6 Å². The predicted octanol–water partition coefficient (Wildman–Crippen LogP) is 5.83. The molecule has 0 unspecified atom stereocenters. The highest BCUT2D eigenvalue weighted by Crippen LogP contribution is 2.34. The maximum absolute atomic E-state index is 13.0. The SMILES string of the molecule is O=C(Oc1c(-c2ccccc2)c(=O)oc2ccccc12)c1ccc2ccccc2c1. The van der Waals surface area contributed by atoms with Crippen molar-refractivity contribution in [2.24, 2.45) is 0 Å². The lowest BCUT2D eigenvalue weighted by Crippen LogP contribution is -2.13. The second-order valence-corrected chi connectivity index (χ2v) is 6.91. The molecule has 0 radical (unpaired) electrons. The van der Waals surface area contributed by atoms with Crippen LogP contribution in [0.3, 0.4) is 0 Å². The largest absolute Gasteiger partial charge is 0.422 e. The van der Waals surface area contributed by atoms with Gasteiger partial charge in [-0.15, -0.1) is 0 Å². The summed E-state index contributed by atoms with van der Waals surface area (Å²) in [5.41, 5.74) is 1.07. The molecule has 0 aliphatic rings. The minimum atomic E-state index is -0.554. The Balaban J connectivity index is 1.67. The Hall–Kier alpha value is -4.18. The molecule has 30 heavy (non-hydrogen) atoms. The summed E-state index contributed by atoms with van der Waals surface area (Å²) in [7, 11) is 0. The van der Waals surface area contributed by atoms with Crippen LogP contribution in [0.15, 0.2) is 106 Å². The van der Waals surface area contributed by atoms with Gasteiger partial charge < -0.3 is 9.15 Å². The zero-order valence-electron chi connectivity index (χ0n) is 15.9. The van der Waals surface area contributed by atoms with E-state index in [-0.39, 0.29) is 11.3 Å². The number of fused-ring (bicyclic) bond motifs is 2. The van der Waals surface area contributed by atoms with Crippen LogP contribution in [-0.2, 0) is 0 Å². The fourth-order valence-electron chi connectivity index (χ4n) is 3.55. The molecule has 0 fully saturated rings. The van der Waals surface area contributed by atoms with E-state index in [0.29, 0.717) is 22.1 Å². The number of carbonyl (C=O) groups excluding carboxylic acids is 1. The highest BCUT2D eigenvalue weighted by molar-refractivity contribution is 6.00. The second-order valence-electron chi connectivity index (χ2n) is 6.91. The molecule has 5 aromatic rings. The lowest BCUT2D eigenvalue weighted by molar-refractivity contribution is 0.0737. The summed E-state index contributed by atoms with van der Waals surface area (Å²) in [4.78, 5) is 25.8. The number of hydrogen-bond donors (Lipinski definition) is 0. The third kappa shape index (κ3) is 3.14. The van der Waals surface area contributed by atoms with Crippen LogP contribution >= 0.6 is 0 Å². The quantitative estimate of drug-likeness (QED) is 0.286. The molecule has 0 saturated heterocycles. The first-order chi connectivity index (χ1) is 14.7. The van der Waals surface area contributed by atoms with Gasteiger partial charge in [-0.2, -0.15) is 0 Å². The summed E-state index contributed by atoms with van der Waals surface area (Å²) in [6, 6.07) is 29.3. The van der Waals surface area contributed by atoms with E-state index in [1.165, 1.54) is 0 Å². The molecular weight excluding hydrogens is 376 g/mol. The van der Waals surface area contributed by atoms with Gasteiger partial charge in [0, 0.05) is 0 Å². The Labute approximate surface area is 172 Å². The van der Waals surface area contributed by atoms with E-state index in [2.05, 4.69) is 0 Å². The molecule has 0 saturated carbocycles. The molecule has 1 aromatic heterocycles. The van der Waals surface area contributed by atoms with E-state index in [4.69, 9.17) is 9.15 Å². The maximum atomic E-state index is 13.0. The first-order valence-corrected chi connectivity index (χ1v) is 9.53. The number of carbonyl (C=O) groups is 1. The third-order valence-electron chi connectivity index (χ3n) is 5.01. The van der Waals surface area contributed by atoms with Gasteiger partial charge in [0.25, 0.3) is 0 Å². The Morgan fingerprint density at radius 1 is 0.733 bits per heavy atom. The molecule has 4 aromatic carbocycles. The van der Waals surface area contributed by atoms with Crippen molar-refractivity contribution in [2.45, 2.75) is 0 Å². The lowest BCUT2D eigenvalue weighted by Gasteiger charge is -2.12. The van der Waals surface area contributed by atoms with Crippen LogP contribution in [0, 0.1) is 0 Å². The monoisotopic (exact) mass is 392 g/mol. The van der Waals surface area contributed by atoms with Crippen LogP contribution in [0.2, 0.25) is 0 Å². The van der Waals surface area contributed by atoms with Gasteiger partial charge in [0.2, 0.25) is 0 Å². The number of para-hydroxylation sites is 1. The second kappa shape index (κ2) is 7.33. The first-order valence-electron chi connectivity index (χ1n) is 9.53. The molecule has 0 N–H and O–H groups in total. The highest BCUT2D eigenvalue weighted by Gasteiger charge is 2.21. The molecule has 0 atom stereocenters. The molecule has 1 heterocycles. The zero-order valence-corrected chi connectivity index (χ0v) is 15.9. The molecule has 4 nitrogen and oxygen atoms in total. The zero-order chi connectivity index (χ0) is 20.5. The summed E-state index contributed by atoms with van der Waals surface area (Å²) in [6.07, 6.45) is 0. The molecule has 0 bridgehead atoms. The van der Waals surface area contributed by atoms with Crippen molar-refractivity contribution in [1.29, 1.82) is 0 Å². The van der Waals surface area contributed by atoms with Gasteiger partial charge in [0.05, 0.1) is 10.9 Å². The number of ether oxygens (including phenoxy) is 1. The molecule has 0 aliphatic heterocycles. The third-order valence-corrected chi connectivity index (χ3v) is 5.01. The summed E-state index contributed by atoms with van der Waals surface area (Å²) >= 11 is 0. The number of rotatable bonds is 3. The number of hydrogen-bond acceptors (Lipinski definition) is 4. The summed E-state index contributed by atoms with van der Waals surface area (Å²) in [5, 5.41) is 2.53. The van der Waals surface area contributed by atoms with Crippen LogP contribution in [0.25, 0.3) is 32.9 Å². The van der Waals surface area contributed by atoms with Crippen LogP contribution in [0.5, 0.6) is 5.75 Å². The van der Waals surface area contributed by atoms with Gasteiger partial charge in [-0.25, -0.2) is 9.59 Å². The van der Waals surface area contributed by atoms with Crippen molar-refractivity contribution >= 4 is 27.7 Å². The normalized spacial score (nSPS) is 10.9. The van der Waals surface area contributed by atoms with E-state index in [1.807, 2.05) is 54.6 Å². The van der Waals surface area contributed by atoms with Crippen LogP contribution in [-0.4, -0.2) is 5.97 Å². The topological polar surface area (TPSA) is 56.5 Å². The van der Waals surface area contributed by atoms with Crippen molar-refractivity contribution in [1.82, 2.24) is 0 Å². The van der Waals surface area contributed by atoms with Crippen molar-refractivity contribution in [3.8, 4) is 16.9 Å². The molecule has 144 valence electrons. The van der Waals surface area contributed by atoms with Crippen LogP contribution in [0.4, 0.5) is 0 Å². The molecule has 4 heteroatoms. The average Bonchev–Trinajstić information content (AvgIpc) is 2.79. The minimum absolute atomic E-state index is 0.200. The van der Waals surface area contributed by atoms with Gasteiger partial charge in [-0.3, -0.25) is 0 Å². The first kappa shape index (κ1) is 17.9. The summed E-state index contributed by atoms with van der Waals surface area (Å²) in [5.74, 6) is -0.333. The Morgan fingerprint density at radius 2 is 1.43 bits per heavy atom. The number of esters is 1. The molecule has 0 aliphatic carbocycles. The van der Waals surface area contributed by atoms with Crippen molar-refractivity contribution < 1.29 is 13.9 Å². The highest BCUT2D eigenvalue weighted by atomic mass is 16.5. The van der Waals surface area contributed by atoms with Crippen molar-refractivity contribution in [3.05, 3.63) is 113 Å². The van der Waals surface area contributed by atoms with E-state index in [1.54, 1.807) is 42.5 Å². The van der Waals surface area contributed by atoms with E-state index < -0.39 is 11.6 Å². The van der Waals surface area contributed by atoms with E-state index in [0.717, 1.165) is 10.8 Å². The lowest BCUT2D eigenvalue weighted by atomic mass is 10.0. The van der Waals surface area contributed by atoms with Gasteiger partial charge in [0.15, 0.2) is 5.75 Å². The Bertz CT molecular complexity index is 1450. The van der Waals surface area contributed by atoms with Crippen molar-refractivity contribution in [3.63, 3.8) is 0 Å². The summed E-state index contributed by atoms with van der Waals surface area (Å²) < 4.78 is 11.3. The Morgan fingerprint density at radius 3 is 2.27 bits per heavy atom. The summed E-state index contributed by atoms with van der Waals surface area (Å²) in [6.45, 7) is 0. The fraction of sp³-hybridized carbons (Fsp3) is 0. The predicted molar refractivity (Wildman–Crippen MR) is 117 cm³/mol. The molecule has 5 rings (SSSR count). The van der Waals surface area contributed by atoms with Crippen LogP contribution in [0.1, 0.15) is 10.4 Å². The molecule has 0 spiro atoms. The van der Waals surface area contributed by atoms with Gasteiger partial charge in [0.1, 0.15) is 11.1 Å². The Kier molecular flexibility index (Phi) is 4.37. The average molecular weight is 392 g/mol. The van der Waals surface area contributed by atoms with Crippen molar-refractivity contribution in [2.75, 3.05) is 0 Å². The van der Waals surface area contributed by atoms with Gasteiger partial charge in [-0.1, -0.05) is 72.8 Å². The minimum Gasteiger partial charge on any atom is -0.422 e. The maximum Gasteiger partial charge on any atom is 0.348 e. The molecule has 0 amide bonds. The van der Waals surface area contributed by atoms with E-state index in [9.17, 15) is 9.59 Å². The van der Waals surface area contributed by atoms with Crippen LogP contribution < -0.4 is 10.4 Å². The molecular formula is C26H16O4. The number of benzene rings is 4. The van der Waals surface area contributed by atoms with E-state index >= 15 is 0 Å². The van der Waals surface area contributed by atoms with Gasteiger partial charge in [-0.05, 0) is 40.6 Å². The standard InChI is InChI=1S/C26H16O4/c27-25(20-15-14-17-8-4-5-11-19(17)16-20)30-24-21-12-6-7-13-22(21)29-26(28)23(24)18-9-2-1-3-10-18/h1-16H. The smallest absolute Gasteiger partial charge is 0.348 e. The fourth-order valence-corrected chi connectivity index (χ4v) is 3.55.